The Kier molecular flexibility index (Phi) is 36.9. The summed E-state index contributed by atoms with van der Waals surface area (Å²) in [6, 6.07) is -4.10. The first-order valence-electron chi connectivity index (χ1n) is 8.89. The third-order valence-electron chi connectivity index (χ3n) is 1.92. The van der Waals surface area contributed by atoms with Crippen LogP contribution in [0.25, 0.3) is 0 Å². The van der Waals surface area contributed by atoms with Gasteiger partial charge in [-0.2, -0.15) is 51.7 Å². The number of nitriles is 1. The smallest absolute Gasteiger partial charge is 0.198 e. The van der Waals surface area contributed by atoms with E-state index < -0.39 is 46.1 Å². The molecule has 0 aromatic rings. The fraction of sp³-hybridized carbons (Fsp3) is 0.917. The van der Waals surface area contributed by atoms with Gasteiger partial charge in [0.2, 0.25) is 7.42 Å². The Balaban J connectivity index is -0.000000103. The Morgan fingerprint density at radius 3 is 1.09 bits per heavy atom. The molecule has 0 aliphatic carbocycles. The van der Waals surface area contributed by atoms with Crippen molar-refractivity contribution in [2.24, 2.45) is 0 Å². The average molecular weight is 807 g/mol. The van der Waals surface area contributed by atoms with Crippen LogP contribution in [0, 0.1) is 11.3 Å². The van der Waals surface area contributed by atoms with Crippen LogP contribution in [0.4, 0.5) is 13.2 Å². The molecular formula is C12H26Cl12F3NSi5. The van der Waals surface area contributed by atoms with Crippen molar-refractivity contribution in [3.63, 3.8) is 0 Å². The lowest BCUT2D eigenvalue weighted by Gasteiger charge is -2.09. The maximum absolute atomic E-state index is 11.4. The molecule has 0 fully saturated rings. The van der Waals surface area contributed by atoms with E-state index >= 15 is 0 Å². The van der Waals surface area contributed by atoms with E-state index in [2.05, 4.69) is 13.1 Å². The largest absolute Gasteiger partial charge is 0.388 e. The first-order valence-corrected chi connectivity index (χ1v) is 33.0. The zero-order valence-electron chi connectivity index (χ0n) is 18.0. The molecule has 0 radical (unpaired) electrons. The van der Waals surface area contributed by atoms with E-state index in [-0.39, 0.29) is 6.04 Å². The van der Waals surface area contributed by atoms with Gasteiger partial charge in [-0.25, -0.2) is 0 Å². The van der Waals surface area contributed by atoms with Gasteiger partial charge in [0.25, 0.3) is 0 Å². The normalized spacial score (nSPS) is 11.5. The summed E-state index contributed by atoms with van der Waals surface area (Å²) in [5.74, 6) is 0. The molecule has 0 aromatic carbocycles. The summed E-state index contributed by atoms with van der Waals surface area (Å²) in [6.45, 7) is 8.01. The lowest BCUT2D eigenvalue weighted by Crippen LogP contribution is -2.15. The van der Waals surface area contributed by atoms with Crippen LogP contribution in [-0.2, 0) is 0 Å². The number of rotatable bonds is 6. The summed E-state index contributed by atoms with van der Waals surface area (Å²) >= 11 is 64.2. The van der Waals surface area contributed by atoms with Gasteiger partial charge in [0.15, 0.2) is 0 Å². The Morgan fingerprint density at radius 1 is 0.758 bits per heavy atom. The molecule has 0 saturated carbocycles. The van der Waals surface area contributed by atoms with Gasteiger partial charge in [-0.1, -0.05) is 26.9 Å². The van der Waals surface area contributed by atoms with Gasteiger partial charge >= 0.3 is 24.2 Å². The highest BCUT2D eigenvalue weighted by molar-refractivity contribution is 7.65. The molecule has 0 aromatic heterocycles. The molecule has 0 unspecified atom stereocenters. The topological polar surface area (TPSA) is 23.8 Å². The Bertz CT molecular complexity index is 449. The molecule has 0 amide bonds. The standard InChI is InChI=1S/C3H4Cl3F3Si.C3H4Cl3NSi.C2H5Cl3Si.C2H6Cl2Si.C2H7ClSi/c4-10(5,6)2-1-3(7,8)9;4-8(5,6)3-1-2-7;1-2-6(3,4)5;1-2-5(3)4;1-4(2)3/h1-2H2;1,3H2;2H2,1H3;5H,2H2,1H3;4H,1-2H3. The van der Waals surface area contributed by atoms with Crippen LogP contribution in [0.5, 0.6) is 0 Å². The van der Waals surface area contributed by atoms with Crippen LogP contribution in [0.3, 0.4) is 0 Å². The number of hydrogen-bond donors (Lipinski definition) is 0. The van der Waals surface area contributed by atoms with Crippen molar-refractivity contribution in [2.45, 2.75) is 70.1 Å². The molecule has 33 heavy (non-hydrogen) atoms. The molecule has 204 valence electrons. The zero-order valence-corrected chi connectivity index (χ0v) is 32.4. The predicted molar refractivity (Wildman–Crippen MR) is 165 cm³/mol. The SMILES string of the molecule is CC[SiH](Cl)Cl.CC[Si](Cl)(Cl)Cl.C[SiH](C)Cl.FC(F)(F)CC[Si](Cl)(Cl)Cl.N#CCC[Si](Cl)(Cl)Cl. The van der Waals surface area contributed by atoms with Crippen molar-refractivity contribution in [2.75, 3.05) is 0 Å². The van der Waals surface area contributed by atoms with Crippen molar-refractivity contribution in [3.05, 3.63) is 0 Å². The van der Waals surface area contributed by atoms with Gasteiger partial charge in [-0.05, 0) is 24.2 Å². The maximum Gasteiger partial charge on any atom is 0.388 e. The van der Waals surface area contributed by atoms with Crippen LogP contribution in [-0.4, -0.2) is 39.7 Å². The van der Waals surface area contributed by atoms with E-state index in [1.54, 1.807) is 0 Å². The predicted octanol–water partition coefficient (Wildman–Crippen LogP) is 11.7. The van der Waals surface area contributed by atoms with Gasteiger partial charge < -0.3 is 0 Å². The van der Waals surface area contributed by atoms with Gasteiger partial charge in [-0.3, -0.25) is 0 Å². The minimum Gasteiger partial charge on any atom is -0.198 e. The van der Waals surface area contributed by atoms with Crippen molar-refractivity contribution in [1.82, 2.24) is 0 Å². The minimum atomic E-state index is -4.21. The molecule has 0 bridgehead atoms. The van der Waals surface area contributed by atoms with Gasteiger partial charge in [-0.15, -0.1) is 99.7 Å². The van der Waals surface area contributed by atoms with Crippen molar-refractivity contribution in [3.8, 4) is 6.07 Å². The first-order chi connectivity index (χ1) is 14.3. The number of halogens is 15. The van der Waals surface area contributed by atoms with Crippen LogP contribution in [0.15, 0.2) is 0 Å². The van der Waals surface area contributed by atoms with Crippen LogP contribution in [0.2, 0.25) is 37.3 Å². The highest BCUT2D eigenvalue weighted by Crippen LogP contribution is 2.32. The molecule has 0 aliphatic rings. The van der Waals surface area contributed by atoms with Crippen LogP contribution < -0.4 is 0 Å². The summed E-state index contributed by atoms with van der Waals surface area (Å²) in [5.41, 5.74) is 0. The van der Waals surface area contributed by atoms with E-state index in [1.165, 1.54) is 0 Å². The monoisotopic (exact) mass is 801 g/mol. The summed E-state index contributed by atoms with van der Waals surface area (Å²) in [6.07, 6.45) is -4.87. The number of nitrogens with zero attached hydrogens (tertiary/aromatic N) is 1. The second kappa shape index (κ2) is 26.1. The molecule has 0 rings (SSSR count). The number of hydrogen-bond acceptors (Lipinski definition) is 1. The van der Waals surface area contributed by atoms with Crippen LogP contribution in [0.1, 0.15) is 26.7 Å². The summed E-state index contributed by atoms with van der Waals surface area (Å²) in [4.78, 5) is 0. The Hall–Kier alpha value is 3.84. The van der Waals surface area contributed by atoms with Gasteiger partial charge in [0.05, 0.1) is 6.07 Å². The molecule has 0 spiro atoms. The molecule has 0 aliphatic heterocycles. The Labute approximate surface area is 258 Å². The molecule has 0 saturated heterocycles. The van der Waals surface area contributed by atoms with Crippen molar-refractivity contribution < 1.29 is 13.2 Å². The molecule has 1 nitrogen and oxygen atoms in total. The zero-order chi connectivity index (χ0) is 28.1. The fourth-order valence-electron chi connectivity index (χ4n) is 0.481. The van der Waals surface area contributed by atoms with Gasteiger partial charge in [0.1, 0.15) is 8.11 Å². The van der Waals surface area contributed by atoms with Crippen LogP contribution >= 0.6 is 133 Å². The van der Waals surface area contributed by atoms with E-state index in [9.17, 15) is 13.2 Å². The minimum absolute atomic E-state index is 0.350. The van der Waals surface area contributed by atoms with E-state index in [0.29, 0.717) is 18.5 Å². The molecular weight excluding hydrogens is 781 g/mol. The molecule has 0 heterocycles. The molecule has 21 heteroatoms. The second-order valence-corrected chi connectivity index (χ2v) is 43.9. The second-order valence-electron chi connectivity index (χ2n) is 5.79. The fourth-order valence-corrected chi connectivity index (χ4v) is 3.14. The van der Waals surface area contributed by atoms with E-state index in [4.69, 9.17) is 138 Å². The lowest BCUT2D eigenvalue weighted by molar-refractivity contribution is -0.130. The molecule has 0 atom stereocenters. The van der Waals surface area contributed by atoms with E-state index in [1.807, 2.05) is 19.9 Å². The summed E-state index contributed by atoms with van der Waals surface area (Å²) in [7, 11) is -1.87. The van der Waals surface area contributed by atoms with E-state index in [0.717, 1.165) is 6.04 Å². The van der Waals surface area contributed by atoms with Crippen molar-refractivity contribution >= 4 is 166 Å². The maximum atomic E-state index is 11.4. The third kappa shape index (κ3) is 94.5. The molecule has 0 N–H and O–H groups in total. The number of alkyl halides is 3. The highest BCUT2D eigenvalue weighted by atomic mass is 35.9. The van der Waals surface area contributed by atoms with Crippen molar-refractivity contribution in [1.29, 1.82) is 5.26 Å². The van der Waals surface area contributed by atoms with Gasteiger partial charge in [0, 0.05) is 12.8 Å². The lowest BCUT2D eigenvalue weighted by atomic mass is 10.5. The average Bonchev–Trinajstić information content (AvgIpc) is 2.57. The third-order valence-corrected chi connectivity index (χ3v) is 12.6. The summed E-state index contributed by atoms with van der Waals surface area (Å²) in [5, 5.41) is 8.03. The first kappa shape index (κ1) is 46.7. The highest BCUT2D eigenvalue weighted by Gasteiger charge is 2.34. The quantitative estimate of drug-likeness (QED) is 0.194. The summed E-state index contributed by atoms with van der Waals surface area (Å²) < 4.78 is 34.3. The Morgan fingerprint density at radius 2 is 1.03 bits per heavy atom.